The number of ether oxygens (including phenoxy) is 2. The molecule has 0 fully saturated rings. The highest BCUT2D eigenvalue weighted by Crippen LogP contribution is 2.36. The zero-order chi connectivity index (χ0) is 11.5. The molecule has 0 bridgehead atoms. The van der Waals surface area contributed by atoms with E-state index in [1.54, 1.807) is 0 Å². The summed E-state index contributed by atoms with van der Waals surface area (Å²) in [6, 6.07) is 6.13. The highest BCUT2D eigenvalue weighted by molar-refractivity contribution is 5.45. The number of fused-ring (bicyclic) bond motifs is 1. The van der Waals surface area contributed by atoms with Gasteiger partial charge < -0.3 is 15.2 Å². The number of rotatable bonds is 4. The van der Waals surface area contributed by atoms with Crippen molar-refractivity contribution in [2.45, 2.75) is 26.2 Å². The van der Waals surface area contributed by atoms with Crippen LogP contribution in [0.2, 0.25) is 0 Å². The zero-order valence-corrected chi connectivity index (χ0v) is 9.90. The van der Waals surface area contributed by atoms with Gasteiger partial charge in [0.1, 0.15) is 0 Å². The van der Waals surface area contributed by atoms with E-state index in [4.69, 9.17) is 15.2 Å². The van der Waals surface area contributed by atoms with Crippen LogP contribution in [0.1, 0.15) is 31.7 Å². The smallest absolute Gasteiger partial charge is 0.231 e. The highest BCUT2D eigenvalue weighted by Gasteiger charge is 2.20. The first-order chi connectivity index (χ1) is 7.76. The minimum absolute atomic E-state index is 0.329. The molecule has 2 N–H and O–H groups in total. The molecule has 88 valence electrons. The van der Waals surface area contributed by atoms with Crippen LogP contribution in [0.3, 0.4) is 0 Å². The van der Waals surface area contributed by atoms with E-state index in [1.807, 2.05) is 6.07 Å². The maximum Gasteiger partial charge on any atom is 0.231 e. The van der Waals surface area contributed by atoms with Crippen LogP contribution in [-0.4, -0.2) is 13.3 Å². The molecule has 3 heteroatoms. The number of nitrogens with two attached hydrogens (primary N) is 1. The van der Waals surface area contributed by atoms with Gasteiger partial charge in [-0.3, -0.25) is 0 Å². The lowest BCUT2D eigenvalue weighted by molar-refractivity contribution is 0.174. The summed E-state index contributed by atoms with van der Waals surface area (Å²) >= 11 is 0. The second-order valence-corrected chi connectivity index (χ2v) is 4.34. The largest absolute Gasteiger partial charge is 0.454 e. The van der Waals surface area contributed by atoms with E-state index in [2.05, 4.69) is 26.0 Å². The topological polar surface area (TPSA) is 44.5 Å². The fraction of sp³-hybridized carbons (Fsp3) is 0.538. The van der Waals surface area contributed by atoms with Gasteiger partial charge in [-0.05, 0) is 36.1 Å². The summed E-state index contributed by atoms with van der Waals surface area (Å²) in [5.41, 5.74) is 7.11. The molecule has 3 nitrogen and oxygen atoms in total. The molecular weight excluding hydrogens is 202 g/mol. The van der Waals surface area contributed by atoms with Gasteiger partial charge in [0, 0.05) is 0 Å². The minimum Gasteiger partial charge on any atom is -0.454 e. The normalized spacial score (nSPS) is 17.2. The molecule has 2 rings (SSSR count). The third kappa shape index (κ3) is 2.00. The van der Waals surface area contributed by atoms with E-state index < -0.39 is 0 Å². The first kappa shape index (κ1) is 11.3. The molecule has 16 heavy (non-hydrogen) atoms. The predicted molar refractivity (Wildman–Crippen MR) is 63.8 cm³/mol. The van der Waals surface area contributed by atoms with Crippen molar-refractivity contribution in [1.29, 1.82) is 0 Å². The van der Waals surface area contributed by atoms with Crippen molar-refractivity contribution in [1.82, 2.24) is 0 Å². The Hall–Kier alpha value is -1.22. The molecule has 0 saturated carbocycles. The summed E-state index contributed by atoms with van der Waals surface area (Å²) in [6.45, 7) is 5.44. The Balaban J connectivity index is 2.25. The Morgan fingerprint density at radius 2 is 2.06 bits per heavy atom. The van der Waals surface area contributed by atoms with Crippen LogP contribution in [0, 0.1) is 5.92 Å². The van der Waals surface area contributed by atoms with Crippen LogP contribution in [0.25, 0.3) is 0 Å². The molecule has 1 aromatic rings. The lowest BCUT2D eigenvalue weighted by Gasteiger charge is -2.21. The van der Waals surface area contributed by atoms with Crippen molar-refractivity contribution >= 4 is 0 Å². The Bertz CT molecular complexity index is 365. The monoisotopic (exact) mass is 221 g/mol. The van der Waals surface area contributed by atoms with E-state index in [0.29, 0.717) is 25.2 Å². The maximum atomic E-state index is 5.85. The van der Waals surface area contributed by atoms with Gasteiger partial charge in [0.25, 0.3) is 0 Å². The molecule has 2 unspecified atom stereocenters. The molecule has 0 amide bonds. The first-order valence-electron chi connectivity index (χ1n) is 5.85. The van der Waals surface area contributed by atoms with E-state index >= 15 is 0 Å². The van der Waals surface area contributed by atoms with Crippen LogP contribution in [0.4, 0.5) is 0 Å². The zero-order valence-electron chi connectivity index (χ0n) is 9.90. The van der Waals surface area contributed by atoms with Gasteiger partial charge >= 0.3 is 0 Å². The fourth-order valence-electron chi connectivity index (χ4n) is 2.13. The maximum absolute atomic E-state index is 5.85. The summed E-state index contributed by atoms with van der Waals surface area (Å²) in [5, 5.41) is 0. The molecule has 0 aliphatic carbocycles. The van der Waals surface area contributed by atoms with E-state index in [9.17, 15) is 0 Å². The third-order valence-electron chi connectivity index (χ3n) is 3.41. The SMILES string of the molecule is CCC(C)C(CN)c1ccc2c(c1)OCO2. The molecule has 0 saturated heterocycles. The summed E-state index contributed by atoms with van der Waals surface area (Å²) in [6.07, 6.45) is 1.14. The summed E-state index contributed by atoms with van der Waals surface area (Å²) in [4.78, 5) is 0. The van der Waals surface area contributed by atoms with Crippen LogP contribution >= 0.6 is 0 Å². The molecular formula is C13H19NO2. The molecule has 1 aliphatic rings. The molecule has 2 atom stereocenters. The van der Waals surface area contributed by atoms with Crippen molar-refractivity contribution in [3.63, 3.8) is 0 Å². The number of benzene rings is 1. The summed E-state index contributed by atoms with van der Waals surface area (Å²) in [5.74, 6) is 2.67. The lowest BCUT2D eigenvalue weighted by atomic mass is 9.85. The van der Waals surface area contributed by atoms with Crippen LogP contribution in [0.5, 0.6) is 11.5 Å². The van der Waals surface area contributed by atoms with Crippen LogP contribution in [-0.2, 0) is 0 Å². The standard InChI is InChI=1S/C13H19NO2/c1-3-9(2)11(7-14)10-4-5-12-13(6-10)16-8-15-12/h4-6,9,11H,3,7-8,14H2,1-2H3. The average Bonchev–Trinajstić information content (AvgIpc) is 2.77. The molecule has 0 spiro atoms. The van der Waals surface area contributed by atoms with Gasteiger partial charge in [-0.25, -0.2) is 0 Å². The number of hydrogen-bond donors (Lipinski definition) is 1. The first-order valence-corrected chi connectivity index (χ1v) is 5.85. The van der Waals surface area contributed by atoms with Crippen LogP contribution < -0.4 is 15.2 Å². The average molecular weight is 221 g/mol. The van der Waals surface area contributed by atoms with E-state index in [-0.39, 0.29) is 0 Å². The van der Waals surface area contributed by atoms with Crippen molar-refractivity contribution in [3.8, 4) is 11.5 Å². The predicted octanol–water partition coefficient (Wildman–Crippen LogP) is 2.50. The molecule has 0 radical (unpaired) electrons. The van der Waals surface area contributed by atoms with Gasteiger partial charge in [0.15, 0.2) is 11.5 Å². The van der Waals surface area contributed by atoms with E-state index in [0.717, 1.165) is 17.9 Å². The van der Waals surface area contributed by atoms with Gasteiger partial charge in [0.2, 0.25) is 6.79 Å². The second-order valence-electron chi connectivity index (χ2n) is 4.34. The summed E-state index contributed by atoms with van der Waals surface area (Å²) in [7, 11) is 0. The number of hydrogen-bond acceptors (Lipinski definition) is 3. The van der Waals surface area contributed by atoms with Crippen molar-refractivity contribution in [2.75, 3.05) is 13.3 Å². The minimum atomic E-state index is 0.329. The Kier molecular flexibility index (Phi) is 3.34. The molecule has 1 heterocycles. The van der Waals surface area contributed by atoms with Gasteiger partial charge in [-0.15, -0.1) is 0 Å². The van der Waals surface area contributed by atoms with Crippen molar-refractivity contribution in [3.05, 3.63) is 23.8 Å². The Morgan fingerprint density at radius 1 is 1.31 bits per heavy atom. The highest BCUT2D eigenvalue weighted by atomic mass is 16.7. The third-order valence-corrected chi connectivity index (χ3v) is 3.41. The summed E-state index contributed by atoms with van der Waals surface area (Å²) < 4.78 is 10.7. The van der Waals surface area contributed by atoms with Gasteiger partial charge in [-0.1, -0.05) is 26.3 Å². The second kappa shape index (κ2) is 4.74. The molecule has 0 aromatic heterocycles. The van der Waals surface area contributed by atoms with Crippen molar-refractivity contribution in [2.24, 2.45) is 11.7 Å². The lowest BCUT2D eigenvalue weighted by Crippen LogP contribution is -2.19. The molecule has 1 aromatic carbocycles. The van der Waals surface area contributed by atoms with E-state index in [1.165, 1.54) is 5.56 Å². The fourth-order valence-corrected chi connectivity index (χ4v) is 2.13. The Labute approximate surface area is 96.5 Å². The van der Waals surface area contributed by atoms with Gasteiger partial charge in [0.05, 0.1) is 0 Å². The van der Waals surface area contributed by atoms with Crippen LogP contribution in [0.15, 0.2) is 18.2 Å². The Morgan fingerprint density at radius 3 is 2.75 bits per heavy atom. The molecule has 1 aliphatic heterocycles. The van der Waals surface area contributed by atoms with Crippen molar-refractivity contribution < 1.29 is 9.47 Å². The quantitative estimate of drug-likeness (QED) is 0.849. The van der Waals surface area contributed by atoms with Gasteiger partial charge in [-0.2, -0.15) is 0 Å².